The Bertz CT molecular complexity index is 1570. The predicted octanol–water partition coefficient (Wildman–Crippen LogP) is 7.44. The summed E-state index contributed by atoms with van der Waals surface area (Å²) < 4.78 is 5.34. The van der Waals surface area contributed by atoms with E-state index in [9.17, 15) is 0 Å². The molecule has 0 saturated heterocycles. The Morgan fingerprint density at radius 3 is 2.83 bits per heavy atom. The fraction of sp³-hybridized carbons (Fsp3) is 0.182. The van der Waals surface area contributed by atoms with Crippen molar-refractivity contribution in [2.45, 2.75) is 25.2 Å². The lowest BCUT2D eigenvalue weighted by Gasteiger charge is -2.24. The molecule has 4 aromatic rings. The Hall–Kier alpha value is -4.29. The molecular formula is C33H28N2O. The maximum Gasteiger partial charge on any atom is 0.118 e. The van der Waals surface area contributed by atoms with Crippen LogP contribution in [0.1, 0.15) is 40.2 Å². The molecule has 1 aromatic heterocycles. The summed E-state index contributed by atoms with van der Waals surface area (Å²) >= 11 is 0. The van der Waals surface area contributed by atoms with Crippen LogP contribution in [0.4, 0.5) is 0 Å². The number of methoxy groups -OCH3 is 1. The standard InChI is InChI=1S/C33H28N2O/c1-36-31-16-10-23(11-17-31)18-27-8-4-5-9-32(27)28-14-12-24-6-2-3-7-25(19-30(24)20-28)26-13-15-29-22-34-35-33(29)21-26/h4-7,9-17,20-22,25,27H,8,18-19H2,1H3,(H,34,35). The Labute approximate surface area is 211 Å². The SMILES string of the molecule is COc1ccc(CC2CC=CC=C2c2ccc3c(c2)CC(c2ccc4cn[nH]c4c2)C=C=C=C3)cc1. The number of hydrogen-bond acceptors (Lipinski definition) is 2. The summed E-state index contributed by atoms with van der Waals surface area (Å²) in [5, 5.41) is 8.41. The number of fused-ring (bicyclic) bond motifs is 2. The molecule has 0 amide bonds. The first kappa shape index (κ1) is 22.2. The van der Waals surface area contributed by atoms with Gasteiger partial charge in [0.2, 0.25) is 0 Å². The van der Waals surface area contributed by atoms with E-state index in [0.29, 0.717) is 5.92 Å². The third-order valence-corrected chi connectivity index (χ3v) is 7.32. The third kappa shape index (κ3) is 4.51. The molecule has 2 aliphatic rings. The van der Waals surface area contributed by atoms with E-state index < -0.39 is 0 Å². The fourth-order valence-corrected chi connectivity index (χ4v) is 5.32. The second-order valence-electron chi connectivity index (χ2n) is 9.58. The van der Waals surface area contributed by atoms with Crippen LogP contribution in [-0.4, -0.2) is 17.3 Å². The topological polar surface area (TPSA) is 37.9 Å². The first-order chi connectivity index (χ1) is 17.8. The molecular weight excluding hydrogens is 440 g/mol. The summed E-state index contributed by atoms with van der Waals surface area (Å²) in [5.41, 5.74) is 15.4. The number of rotatable bonds is 5. The van der Waals surface area contributed by atoms with Crippen molar-refractivity contribution in [1.29, 1.82) is 0 Å². The number of aromatic amines is 1. The van der Waals surface area contributed by atoms with Crippen LogP contribution in [0.2, 0.25) is 0 Å². The molecule has 3 nitrogen and oxygen atoms in total. The number of allylic oxidation sites excluding steroid dienone is 5. The second kappa shape index (κ2) is 9.76. The minimum atomic E-state index is 0.225. The van der Waals surface area contributed by atoms with Gasteiger partial charge in [0.1, 0.15) is 5.75 Å². The number of nitrogens with zero attached hydrogens (tertiary/aromatic N) is 1. The summed E-state index contributed by atoms with van der Waals surface area (Å²) in [6.07, 6.45) is 15.8. The highest BCUT2D eigenvalue weighted by molar-refractivity contribution is 5.79. The van der Waals surface area contributed by atoms with E-state index in [1.807, 2.05) is 12.3 Å². The van der Waals surface area contributed by atoms with Gasteiger partial charge in [0, 0.05) is 11.3 Å². The number of nitrogens with one attached hydrogen (secondary N) is 1. The van der Waals surface area contributed by atoms with Gasteiger partial charge in [0.15, 0.2) is 0 Å². The fourth-order valence-electron chi connectivity index (χ4n) is 5.32. The van der Waals surface area contributed by atoms with Gasteiger partial charge in [0.25, 0.3) is 0 Å². The number of ether oxygens (including phenoxy) is 1. The van der Waals surface area contributed by atoms with Crippen LogP contribution in [0, 0.1) is 5.92 Å². The van der Waals surface area contributed by atoms with Crippen molar-refractivity contribution in [3.63, 3.8) is 0 Å². The van der Waals surface area contributed by atoms with Crippen molar-refractivity contribution < 1.29 is 4.74 Å². The minimum absolute atomic E-state index is 0.225. The van der Waals surface area contributed by atoms with Crippen molar-refractivity contribution in [1.82, 2.24) is 10.2 Å². The molecule has 3 heteroatoms. The van der Waals surface area contributed by atoms with Gasteiger partial charge in [-0.25, -0.2) is 0 Å². The lowest BCUT2D eigenvalue weighted by atomic mass is 9.81. The van der Waals surface area contributed by atoms with Gasteiger partial charge < -0.3 is 4.74 Å². The Kier molecular flexibility index (Phi) is 6.01. The molecule has 1 N–H and O–H groups in total. The number of benzene rings is 3. The smallest absolute Gasteiger partial charge is 0.118 e. The zero-order valence-corrected chi connectivity index (χ0v) is 20.4. The van der Waals surface area contributed by atoms with Gasteiger partial charge in [-0.05, 0) is 88.9 Å². The van der Waals surface area contributed by atoms with Gasteiger partial charge >= 0.3 is 0 Å². The molecule has 6 rings (SSSR count). The Morgan fingerprint density at radius 2 is 1.94 bits per heavy atom. The van der Waals surface area contributed by atoms with Gasteiger partial charge in [-0.1, -0.05) is 72.2 Å². The summed E-state index contributed by atoms with van der Waals surface area (Å²) in [4.78, 5) is 0. The van der Waals surface area contributed by atoms with E-state index in [1.165, 1.54) is 33.4 Å². The van der Waals surface area contributed by atoms with Crippen molar-refractivity contribution in [2.75, 3.05) is 7.11 Å². The van der Waals surface area contributed by atoms with Crippen LogP contribution >= 0.6 is 0 Å². The average molecular weight is 469 g/mol. The minimum Gasteiger partial charge on any atom is -0.497 e. The van der Waals surface area contributed by atoms with Gasteiger partial charge in [0.05, 0.1) is 18.8 Å². The van der Waals surface area contributed by atoms with Gasteiger partial charge in [-0.2, -0.15) is 5.10 Å². The van der Waals surface area contributed by atoms with E-state index >= 15 is 0 Å². The Balaban J connectivity index is 1.31. The molecule has 36 heavy (non-hydrogen) atoms. The van der Waals surface area contributed by atoms with E-state index in [1.54, 1.807) is 7.11 Å². The highest BCUT2D eigenvalue weighted by Gasteiger charge is 2.20. The van der Waals surface area contributed by atoms with Crippen LogP contribution in [0.5, 0.6) is 5.75 Å². The first-order valence-electron chi connectivity index (χ1n) is 12.5. The number of H-pyrrole nitrogens is 1. The van der Waals surface area contributed by atoms with Crippen LogP contribution in [-0.2, 0) is 12.8 Å². The zero-order valence-electron chi connectivity index (χ0n) is 20.4. The molecule has 0 fully saturated rings. The number of aromatic nitrogens is 2. The monoisotopic (exact) mass is 468 g/mol. The molecule has 0 bridgehead atoms. The molecule has 1 heterocycles. The molecule has 0 aliphatic heterocycles. The maximum absolute atomic E-state index is 5.34. The molecule has 2 unspecified atom stereocenters. The van der Waals surface area contributed by atoms with Crippen LogP contribution in [0.25, 0.3) is 22.6 Å². The number of hydrogen-bond donors (Lipinski definition) is 1. The van der Waals surface area contributed by atoms with Crippen molar-refractivity contribution in [3.8, 4) is 5.75 Å². The van der Waals surface area contributed by atoms with E-state index in [-0.39, 0.29) is 5.92 Å². The van der Waals surface area contributed by atoms with Crippen LogP contribution < -0.4 is 4.74 Å². The molecule has 2 atom stereocenters. The molecule has 0 spiro atoms. The molecule has 176 valence electrons. The predicted molar refractivity (Wildman–Crippen MR) is 147 cm³/mol. The second-order valence-corrected chi connectivity index (χ2v) is 9.58. The summed E-state index contributed by atoms with van der Waals surface area (Å²) in [7, 11) is 1.71. The van der Waals surface area contributed by atoms with Gasteiger partial charge in [-0.3, -0.25) is 5.10 Å². The van der Waals surface area contributed by atoms with Crippen molar-refractivity contribution >= 4 is 22.6 Å². The van der Waals surface area contributed by atoms with Gasteiger partial charge in [-0.15, -0.1) is 0 Å². The molecule has 3 aromatic carbocycles. The normalized spacial score (nSPS) is 18.5. The summed E-state index contributed by atoms with van der Waals surface area (Å²) in [6.45, 7) is 0. The quantitative estimate of drug-likeness (QED) is 0.309. The van der Waals surface area contributed by atoms with Crippen LogP contribution in [0.15, 0.2) is 103 Å². The molecule has 0 saturated carbocycles. The van der Waals surface area contributed by atoms with E-state index in [0.717, 1.165) is 35.9 Å². The average Bonchev–Trinajstić information content (AvgIpc) is 3.38. The van der Waals surface area contributed by atoms with Crippen molar-refractivity contribution in [2.24, 2.45) is 5.92 Å². The lowest BCUT2D eigenvalue weighted by Crippen LogP contribution is -2.10. The Morgan fingerprint density at radius 1 is 1.03 bits per heavy atom. The van der Waals surface area contributed by atoms with E-state index in [2.05, 4.69) is 107 Å². The lowest BCUT2D eigenvalue weighted by molar-refractivity contribution is 0.414. The molecule has 2 aliphatic carbocycles. The first-order valence-corrected chi connectivity index (χ1v) is 12.5. The summed E-state index contributed by atoms with van der Waals surface area (Å²) in [5.74, 6) is 1.57. The maximum atomic E-state index is 5.34. The molecule has 0 radical (unpaired) electrons. The largest absolute Gasteiger partial charge is 0.497 e. The highest BCUT2D eigenvalue weighted by atomic mass is 16.5. The zero-order chi connectivity index (χ0) is 24.3. The van der Waals surface area contributed by atoms with Crippen molar-refractivity contribution in [3.05, 3.63) is 130 Å². The highest BCUT2D eigenvalue weighted by Crippen LogP contribution is 2.35. The summed E-state index contributed by atoms with van der Waals surface area (Å²) in [6, 6.07) is 21.9. The van der Waals surface area contributed by atoms with Crippen LogP contribution in [0.3, 0.4) is 0 Å². The third-order valence-electron chi connectivity index (χ3n) is 7.32. The van der Waals surface area contributed by atoms with E-state index in [4.69, 9.17) is 4.74 Å².